The van der Waals surface area contributed by atoms with Crippen molar-refractivity contribution in [1.29, 1.82) is 0 Å². The Morgan fingerprint density at radius 3 is 2.70 bits per heavy atom. The van der Waals surface area contributed by atoms with E-state index in [9.17, 15) is 4.79 Å². The summed E-state index contributed by atoms with van der Waals surface area (Å²) in [6, 6.07) is 0. The number of amides is 1. The van der Waals surface area contributed by atoms with Crippen LogP contribution in [0.15, 0.2) is 12.4 Å². The molecule has 2 aliphatic carbocycles. The SMILES string of the molecule is O=C(NCC1CC1)C1Cn2ccnc2C2(CCN(CC3CCCC3)CC2)O1. The zero-order chi connectivity index (χ0) is 18.3. The molecule has 1 aromatic rings. The number of rotatable bonds is 5. The number of carbonyl (C=O) groups is 1. The first-order chi connectivity index (χ1) is 13.2. The Morgan fingerprint density at radius 1 is 1.19 bits per heavy atom. The van der Waals surface area contributed by atoms with Gasteiger partial charge in [-0.25, -0.2) is 4.98 Å². The monoisotopic (exact) mass is 372 g/mol. The molecule has 3 heterocycles. The van der Waals surface area contributed by atoms with Crippen LogP contribution in [0.1, 0.15) is 57.2 Å². The van der Waals surface area contributed by atoms with E-state index in [0.717, 1.165) is 44.2 Å². The first kappa shape index (κ1) is 17.7. The van der Waals surface area contributed by atoms with Crippen molar-refractivity contribution in [3.05, 3.63) is 18.2 Å². The van der Waals surface area contributed by atoms with Crippen LogP contribution >= 0.6 is 0 Å². The van der Waals surface area contributed by atoms with Crippen LogP contribution in [0.25, 0.3) is 0 Å². The molecule has 2 aliphatic heterocycles. The number of nitrogens with one attached hydrogen (secondary N) is 1. The van der Waals surface area contributed by atoms with E-state index in [2.05, 4.69) is 19.8 Å². The lowest BCUT2D eigenvalue weighted by molar-refractivity contribution is -0.173. The molecule has 0 bridgehead atoms. The maximum atomic E-state index is 12.7. The van der Waals surface area contributed by atoms with E-state index in [1.54, 1.807) is 0 Å². The maximum Gasteiger partial charge on any atom is 0.251 e. The zero-order valence-electron chi connectivity index (χ0n) is 16.2. The molecule has 27 heavy (non-hydrogen) atoms. The fraction of sp³-hybridized carbons (Fsp3) is 0.810. The van der Waals surface area contributed by atoms with E-state index >= 15 is 0 Å². The van der Waals surface area contributed by atoms with E-state index in [1.807, 2.05) is 12.4 Å². The molecule has 3 fully saturated rings. The molecule has 5 rings (SSSR count). The summed E-state index contributed by atoms with van der Waals surface area (Å²) in [5, 5.41) is 3.11. The summed E-state index contributed by atoms with van der Waals surface area (Å²) in [4.78, 5) is 19.9. The predicted molar refractivity (Wildman–Crippen MR) is 102 cm³/mol. The van der Waals surface area contributed by atoms with Gasteiger partial charge in [-0.3, -0.25) is 4.79 Å². The third-order valence-electron chi connectivity index (χ3n) is 7.06. The summed E-state index contributed by atoms with van der Waals surface area (Å²) in [7, 11) is 0. The van der Waals surface area contributed by atoms with Gasteiger partial charge in [0.1, 0.15) is 11.4 Å². The minimum atomic E-state index is -0.396. The van der Waals surface area contributed by atoms with Gasteiger partial charge in [-0.15, -0.1) is 0 Å². The van der Waals surface area contributed by atoms with Crippen LogP contribution in [-0.2, 0) is 21.7 Å². The van der Waals surface area contributed by atoms with Crippen LogP contribution in [0.5, 0.6) is 0 Å². The van der Waals surface area contributed by atoms with Gasteiger partial charge < -0.3 is 19.5 Å². The zero-order valence-corrected chi connectivity index (χ0v) is 16.2. The highest BCUT2D eigenvalue weighted by Crippen LogP contribution is 2.40. The van der Waals surface area contributed by atoms with Gasteiger partial charge in [-0.1, -0.05) is 12.8 Å². The lowest BCUT2D eigenvalue weighted by Gasteiger charge is -2.46. The van der Waals surface area contributed by atoms with Gasteiger partial charge in [0.05, 0.1) is 6.54 Å². The third-order valence-corrected chi connectivity index (χ3v) is 7.06. The second kappa shape index (κ2) is 7.21. The number of fused-ring (bicyclic) bond motifs is 2. The highest BCUT2D eigenvalue weighted by Gasteiger charge is 2.47. The Hall–Kier alpha value is -1.40. The first-order valence-electron chi connectivity index (χ1n) is 10.9. The van der Waals surface area contributed by atoms with E-state index in [-0.39, 0.29) is 5.91 Å². The van der Waals surface area contributed by atoms with Gasteiger partial charge in [0.2, 0.25) is 0 Å². The smallest absolute Gasteiger partial charge is 0.251 e. The van der Waals surface area contributed by atoms with Crippen molar-refractivity contribution in [1.82, 2.24) is 19.8 Å². The highest BCUT2D eigenvalue weighted by atomic mass is 16.5. The van der Waals surface area contributed by atoms with Crippen LogP contribution in [0, 0.1) is 11.8 Å². The van der Waals surface area contributed by atoms with Gasteiger partial charge in [0.15, 0.2) is 6.10 Å². The number of likely N-dealkylation sites (tertiary alicyclic amines) is 1. The predicted octanol–water partition coefficient (Wildman–Crippen LogP) is 2.29. The van der Waals surface area contributed by atoms with Gasteiger partial charge in [-0.2, -0.15) is 0 Å². The minimum absolute atomic E-state index is 0.0500. The number of hydrogen-bond acceptors (Lipinski definition) is 4. The van der Waals surface area contributed by atoms with Crippen LogP contribution in [0.4, 0.5) is 0 Å². The Bertz CT molecular complexity index is 669. The molecule has 6 heteroatoms. The van der Waals surface area contributed by atoms with Crippen molar-refractivity contribution >= 4 is 5.91 Å². The van der Waals surface area contributed by atoms with Gasteiger partial charge >= 0.3 is 0 Å². The summed E-state index contributed by atoms with van der Waals surface area (Å²) in [5.41, 5.74) is -0.393. The number of ether oxygens (including phenoxy) is 1. The number of piperidine rings is 1. The summed E-state index contributed by atoms with van der Waals surface area (Å²) in [6.07, 6.45) is 13.4. The first-order valence-corrected chi connectivity index (χ1v) is 10.9. The molecule has 148 valence electrons. The van der Waals surface area contributed by atoms with E-state index < -0.39 is 11.7 Å². The largest absolute Gasteiger partial charge is 0.354 e. The molecule has 1 atom stereocenters. The average molecular weight is 373 g/mol. The van der Waals surface area contributed by atoms with E-state index in [0.29, 0.717) is 12.5 Å². The Kier molecular flexibility index (Phi) is 4.72. The Labute approximate surface area is 161 Å². The number of nitrogens with zero attached hydrogens (tertiary/aromatic N) is 3. The molecule has 6 nitrogen and oxygen atoms in total. The molecule has 0 radical (unpaired) electrons. The van der Waals surface area contributed by atoms with E-state index in [4.69, 9.17) is 4.74 Å². The van der Waals surface area contributed by atoms with Crippen LogP contribution in [-0.4, -0.2) is 52.6 Å². The van der Waals surface area contributed by atoms with E-state index in [1.165, 1.54) is 45.1 Å². The summed E-state index contributed by atoms with van der Waals surface area (Å²) in [6.45, 7) is 4.70. The molecule has 1 amide bonds. The van der Waals surface area contributed by atoms with Crippen molar-refractivity contribution in [3.8, 4) is 0 Å². The summed E-state index contributed by atoms with van der Waals surface area (Å²) in [5.74, 6) is 2.65. The third kappa shape index (κ3) is 3.66. The molecule has 0 aromatic carbocycles. The van der Waals surface area contributed by atoms with Crippen molar-refractivity contribution in [3.63, 3.8) is 0 Å². The average Bonchev–Trinajstić information content (AvgIpc) is 3.14. The van der Waals surface area contributed by atoms with Crippen LogP contribution in [0.3, 0.4) is 0 Å². The fourth-order valence-corrected chi connectivity index (χ4v) is 5.21. The summed E-state index contributed by atoms with van der Waals surface area (Å²) < 4.78 is 8.66. The van der Waals surface area contributed by atoms with Crippen molar-refractivity contribution in [2.75, 3.05) is 26.2 Å². The second-order valence-electron chi connectivity index (χ2n) is 9.14. The number of hydrogen-bond donors (Lipinski definition) is 1. The maximum absolute atomic E-state index is 12.7. The fourth-order valence-electron chi connectivity index (χ4n) is 5.21. The molecule has 1 spiro atoms. The van der Waals surface area contributed by atoms with Crippen molar-refractivity contribution in [2.24, 2.45) is 11.8 Å². The Morgan fingerprint density at radius 2 is 1.96 bits per heavy atom. The van der Waals surface area contributed by atoms with Crippen LogP contribution < -0.4 is 5.32 Å². The summed E-state index contributed by atoms with van der Waals surface area (Å²) >= 11 is 0. The lowest BCUT2D eigenvalue weighted by atomic mass is 9.88. The lowest BCUT2D eigenvalue weighted by Crippen LogP contribution is -2.54. The van der Waals surface area contributed by atoms with Crippen LogP contribution in [0.2, 0.25) is 0 Å². The normalized spacial score (nSPS) is 28.4. The minimum Gasteiger partial charge on any atom is -0.354 e. The van der Waals surface area contributed by atoms with Gasteiger partial charge in [-0.05, 0) is 50.4 Å². The number of carbonyl (C=O) groups excluding carboxylic acids is 1. The van der Waals surface area contributed by atoms with Crippen molar-refractivity contribution in [2.45, 2.75) is 69.6 Å². The highest BCUT2D eigenvalue weighted by molar-refractivity contribution is 5.81. The molecular formula is C21H32N4O2. The molecule has 1 N–H and O–H groups in total. The molecule has 4 aliphatic rings. The van der Waals surface area contributed by atoms with Gasteiger partial charge in [0, 0.05) is 38.6 Å². The number of imidazole rings is 1. The molecular weight excluding hydrogens is 340 g/mol. The standard InChI is InChI=1S/C21H32N4O2/c26-19(23-13-16-5-6-16)18-15-25-12-9-22-20(25)21(27-18)7-10-24(11-8-21)14-17-3-1-2-4-17/h9,12,16-18H,1-8,10-11,13-15H2,(H,23,26). The molecule has 1 unspecified atom stereocenters. The van der Waals surface area contributed by atoms with Gasteiger partial charge in [0.25, 0.3) is 5.91 Å². The van der Waals surface area contributed by atoms with Crippen molar-refractivity contribution < 1.29 is 9.53 Å². The number of aromatic nitrogens is 2. The molecule has 2 saturated carbocycles. The topological polar surface area (TPSA) is 59.4 Å². The Balaban J connectivity index is 1.25. The molecule has 1 aromatic heterocycles. The second-order valence-corrected chi connectivity index (χ2v) is 9.14. The molecule has 1 saturated heterocycles. The quantitative estimate of drug-likeness (QED) is 0.862.